The highest BCUT2D eigenvalue weighted by Crippen LogP contribution is 2.24. The molecule has 0 aliphatic carbocycles. The lowest BCUT2D eigenvalue weighted by Gasteiger charge is -2.09. The zero-order chi connectivity index (χ0) is 13.8. The number of ether oxygens (including phenoxy) is 1. The third kappa shape index (κ3) is 2.75. The van der Waals surface area contributed by atoms with Crippen molar-refractivity contribution in [2.24, 2.45) is 5.73 Å². The number of aromatic amines is 1. The van der Waals surface area contributed by atoms with E-state index in [-0.39, 0.29) is 0 Å². The number of nitrogens with one attached hydrogen (secondary N) is 1. The Morgan fingerprint density at radius 2 is 2.37 bits per heavy atom. The van der Waals surface area contributed by atoms with Crippen LogP contribution in [0.25, 0.3) is 15.7 Å². The third-order valence-electron chi connectivity index (χ3n) is 2.91. The summed E-state index contributed by atoms with van der Waals surface area (Å²) >= 11 is 0. The van der Waals surface area contributed by atoms with Gasteiger partial charge in [0.1, 0.15) is 6.04 Å². The van der Waals surface area contributed by atoms with Crippen molar-refractivity contribution < 1.29 is 9.53 Å². The standard InChI is InChI=1S/C14H15N3O2/c1-3-19-14(18)12(15)6-9-8-17-13-7-10(16-2)4-5-11(9)13/h4-5,7-8,12,17H,3,6,15H2,1H3. The Balaban J connectivity index is 2.22. The zero-order valence-electron chi connectivity index (χ0n) is 10.6. The van der Waals surface area contributed by atoms with Gasteiger partial charge < -0.3 is 15.5 Å². The van der Waals surface area contributed by atoms with Gasteiger partial charge >= 0.3 is 5.97 Å². The molecule has 0 bridgehead atoms. The van der Waals surface area contributed by atoms with Crippen LogP contribution in [0.15, 0.2) is 24.4 Å². The maximum atomic E-state index is 11.5. The van der Waals surface area contributed by atoms with Crippen molar-refractivity contribution >= 4 is 22.6 Å². The molecule has 2 aromatic rings. The van der Waals surface area contributed by atoms with E-state index in [1.54, 1.807) is 19.1 Å². The fourth-order valence-electron chi connectivity index (χ4n) is 1.98. The highest BCUT2D eigenvalue weighted by Gasteiger charge is 2.17. The van der Waals surface area contributed by atoms with Crippen LogP contribution in [0.2, 0.25) is 0 Å². The van der Waals surface area contributed by atoms with Crippen LogP contribution >= 0.6 is 0 Å². The molecule has 1 aromatic carbocycles. The van der Waals surface area contributed by atoms with Gasteiger partial charge in [0.25, 0.3) is 0 Å². The number of fused-ring (bicyclic) bond motifs is 1. The van der Waals surface area contributed by atoms with Crippen LogP contribution in [0.5, 0.6) is 0 Å². The van der Waals surface area contributed by atoms with Crippen LogP contribution in [0.1, 0.15) is 12.5 Å². The molecule has 0 radical (unpaired) electrons. The van der Waals surface area contributed by atoms with Crippen molar-refractivity contribution in [2.45, 2.75) is 19.4 Å². The Morgan fingerprint density at radius 1 is 1.58 bits per heavy atom. The van der Waals surface area contributed by atoms with Gasteiger partial charge in [0.05, 0.1) is 13.2 Å². The molecular weight excluding hydrogens is 242 g/mol. The van der Waals surface area contributed by atoms with Crippen molar-refractivity contribution in [3.63, 3.8) is 0 Å². The fourth-order valence-corrected chi connectivity index (χ4v) is 1.98. The molecule has 0 aliphatic rings. The molecule has 0 saturated carbocycles. The molecule has 0 spiro atoms. The van der Waals surface area contributed by atoms with Gasteiger partial charge in [0.2, 0.25) is 0 Å². The van der Waals surface area contributed by atoms with Gasteiger partial charge in [0, 0.05) is 23.5 Å². The van der Waals surface area contributed by atoms with Crippen LogP contribution in [-0.4, -0.2) is 23.6 Å². The van der Waals surface area contributed by atoms with Crippen molar-refractivity contribution in [1.82, 2.24) is 4.98 Å². The number of benzene rings is 1. The normalized spacial score (nSPS) is 12.1. The number of aromatic nitrogens is 1. The summed E-state index contributed by atoms with van der Waals surface area (Å²) in [5.41, 5.74) is 8.21. The molecule has 1 unspecified atom stereocenters. The number of carbonyl (C=O) groups excluding carboxylic acids is 1. The molecule has 1 atom stereocenters. The number of H-pyrrole nitrogens is 1. The second-order valence-electron chi connectivity index (χ2n) is 4.22. The summed E-state index contributed by atoms with van der Waals surface area (Å²) in [6, 6.07) is 4.73. The third-order valence-corrected chi connectivity index (χ3v) is 2.91. The first-order chi connectivity index (χ1) is 9.15. The van der Waals surface area contributed by atoms with Crippen LogP contribution in [-0.2, 0) is 16.0 Å². The predicted octanol–water partition coefficient (Wildman–Crippen LogP) is 2.15. The Kier molecular flexibility index (Phi) is 3.83. The smallest absolute Gasteiger partial charge is 0.323 e. The Hall–Kier alpha value is -2.32. The Bertz CT molecular complexity index is 640. The minimum atomic E-state index is -0.667. The van der Waals surface area contributed by atoms with E-state index in [0.717, 1.165) is 16.5 Å². The molecule has 5 nitrogen and oxygen atoms in total. The zero-order valence-corrected chi connectivity index (χ0v) is 10.6. The van der Waals surface area contributed by atoms with Crippen molar-refractivity contribution in [2.75, 3.05) is 6.61 Å². The number of hydrogen-bond acceptors (Lipinski definition) is 3. The van der Waals surface area contributed by atoms with Crippen molar-refractivity contribution in [3.05, 3.63) is 41.4 Å². The lowest BCUT2D eigenvalue weighted by Crippen LogP contribution is -2.34. The van der Waals surface area contributed by atoms with Gasteiger partial charge in [-0.25, -0.2) is 4.85 Å². The van der Waals surface area contributed by atoms with E-state index in [2.05, 4.69) is 9.83 Å². The molecular formula is C14H15N3O2. The minimum absolute atomic E-state index is 0.328. The number of nitrogens with two attached hydrogens (primary N) is 1. The summed E-state index contributed by atoms with van der Waals surface area (Å²) in [6.45, 7) is 9.05. The highest BCUT2D eigenvalue weighted by atomic mass is 16.5. The number of hydrogen-bond donors (Lipinski definition) is 2. The monoisotopic (exact) mass is 257 g/mol. The molecule has 1 heterocycles. The molecule has 98 valence electrons. The second-order valence-corrected chi connectivity index (χ2v) is 4.22. The molecule has 2 rings (SSSR count). The number of carbonyl (C=O) groups is 1. The molecule has 1 aromatic heterocycles. The summed E-state index contributed by atoms with van der Waals surface area (Å²) in [4.78, 5) is 18.0. The van der Waals surface area contributed by atoms with Gasteiger partial charge in [0.15, 0.2) is 5.69 Å². The first-order valence-corrected chi connectivity index (χ1v) is 6.05. The first kappa shape index (κ1) is 13.1. The molecule has 3 N–H and O–H groups in total. The molecule has 19 heavy (non-hydrogen) atoms. The number of rotatable bonds is 4. The van der Waals surface area contributed by atoms with Gasteiger partial charge in [-0.2, -0.15) is 0 Å². The van der Waals surface area contributed by atoms with Crippen molar-refractivity contribution in [1.29, 1.82) is 0 Å². The maximum Gasteiger partial charge on any atom is 0.323 e. The summed E-state index contributed by atoms with van der Waals surface area (Å²) in [5.74, 6) is -0.394. The molecule has 0 amide bonds. The second kappa shape index (κ2) is 5.55. The number of nitrogens with zero attached hydrogens (tertiary/aromatic N) is 1. The van der Waals surface area contributed by atoms with E-state index >= 15 is 0 Å². The summed E-state index contributed by atoms with van der Waals surface area (Å²) in [7, 11) is 0. The SMILES string of the molecule is [C-]#[N+]c1ccc2c(CC(N)C(=O)OCC)c[nH]c2c1. The van der Waals surface area contributed by atoms with E-state index < -0.39 is 12.0 Å². The van der Waals surface area contributed by atoms with Crippen LogP contribution < -0.4 is 5.73 Å². The molecule has 0 fully saturated rings. The predicted molar refractivity (Wildman–Crippen MR) is 72.9 cm³/mol. The van der Waals surface area contributed by atoms with Gasteiger partial charge in [-0.15, -0.1) is 0 Å². The lowest BCUT2D eigenvalue weighted by molar-refractivity contribution is -0.144. The average molecular weight is 257 g/mol. The molecule has 0 saturated heterocycles. The lowest BCUT2D eigenvalue weighted by atomic mass is 10.1. The maximum absolute atomic E-state index is 11.5. The first-order valence-electron chi connectivity index (χ1n) is 6.05. The molecule has 5 heteroatoms. The Morgan fingerprint density at radius 3 is 3.05 bits per heavy atom. The van der Waals surface area contributed by atoms with E-state index in [0.29, 0.717) is 18.7 Å². The van der Waals surface area contributed by atoms with Crippen LogP contribution in [0.4, 0.5) is 5.69 Å². The largest absolute Gasteiger partial charge is 0.465 e. The van der Waals surface area contributed by atoms with E-state index in [4.69, 9.17) is 17.0 Å². The van der Waals surface area contributed by atoms with E-state index in [1.807, 2.05) is 12.3 Å². The quantitative estimate of drug-likeness (QED) is 0.651. The summed E-state index contributed by atoms with van der Waals surface area (Å²) < 4.78 is 4.89. The highest BCUT2D eigenvalue weighted by molar-refractivity contribution is 5.87. The van der Waals surface area contributed by atoms with E-state index in [9.17, 15) is 4.79 Å². The average Bonchev–Trinajstić information content (AvgIpc) is 2.81. The fraction of sp³-hybridized carbons (Fsp3) is 0.286. The minimum Gasteiger partial charge on any atom is -0.465 e. The van der Waals surface area contributed by atoms with Gasteiger partial charge in [-0.3, -0.25) is 4.79 Å². The Labute approximate surface area is 111 Å². The van der Waals surface area contributed by atoms with Crippen LogP contribution in [0, 0.1) is 6.57 Å². The van der Waals surface area contributed by atoms with Gasteiger partial charge in [-0.1, -0.05) is 12.1 Å². The van der Waals surface area contributed by atoms with Crippen LogP contribution in [0.3, 0.4) is 0 Å². The number of esters is 1. The molecule has 0 aliphatic heterocycles. The topological polar surface area (TPSA) is 72.5 Å². The van der Waals surface area contributed by atoms with Crippen molar-refractivity contribution in [3.8, 4) is 0 Å². The van der Waals surface area contributed by atoms with Gasteiger partial charge in [-0.05, 0) is 18.6 Å². The summed E-state index contributed by atoms with van der Waals surface area (Å²) in [6.07, 6.45) is 2.23. The van der Waals surface area contributed by atoms with E-state index in [1.165, 1.54) is 0 Å². The summed E-state index contributed by atoms with van der Waals surface area (Å²) in [5, 5.41) is 0.979.